The third kappa shape index (κ3) is 13.1. The van der Waals surface area contributed by atoms with Gasteiger partial charge in [-0.2, -0.15) is 0 Å². The largest absolute Gasteiger partial charge is 0.481 e. The molecule has 5 amide bonds. The number of fused-ring (bicyclic) bond motifs is 3. The highest BCUT2D eigenvalue weighted by atomic mass is 32.2. The van der Waals surface area contributed by atoms with Crippen LogP contribution < -0.4 is 31.9 Å². The van der Waals surface area contributed by atoms with Gasteiger partial charge in [-0.15, -0.1) is 23.1 Å². The number of amides is 5. The number of thioether (sulfide) groups is 1. The number of nitrogens with zero attached hydrogens (tertiary/aromatic N) is 1. The molecule has 1 fully saturated rings. The Balaban J connectivity index is 1.26. The number of carboxylic acid groups (broad SMARTS) is 3. The van der Waals surface area contributed by atoms with E-state index in [1.165, 1.54) is 13.8 Å². The molecule has 6 atom stereocenters. The SMILES string of the molecule is CC1CSC(c2nc3ccc4cc(NC(=O)C(CC(=O)O)NC(=O)C(NC(=O)C(CCC(=O)O)NC(=O)C(CC(=O)O)NC(=O)OCc5ccccc5)C(C)C)ccc4c3s2)N1. The predicted octanol–water partition coefficient (Wildman–Crippen LogP) is 3.33. The lowest BCUT2D eigenvalue weighted by atomic mass is 10.0. The minimum atomic E-state index is -1.76. The molecule has 0 bridgehead atoms. The summed E-state index contributed by atoms with van der Waals surface area (Å²) in [6.07, 6.45) is -4.06. The Kier molecular flexibility index (Phi) is 16.2. The smallest absolute Gasteiger partial charge is 0.408 e. The molecule has 1 aliphatic heterocycles. The zero-order valence-electron chi connectivity index (χ0n) is 33.8. The molecular formula is C41H47N7O12S2. The van der Waals surface area contributed by atoms with E-state index in [-0.39, 0.29) is 12.0 Å². The van der Waals surface area contributed by atoms with Crippen LogP contribution >= 0.6 is 23.1 Å². The number of anilines is 1. The quantitative estimate of drug-likeness (QED) is 0.0615. The topological polar surface area (TPSA) is 292 Å². The van der Waals surface area contributed by atoms with Crippen LogP contribution in [0.25, 0.3) is 21.0 Å². The van der Waals surface area contributed by atoms with Crippen molar-refractivity contribution in [1.29, 1.82) is 0 Å². The second-order valence-corrected chi connectivity index (χ2v) is 17.1. The van der Waals surface area contributed by atoms with Gasteiger partial charge >= 0.3 is 24.0 Å². The average Bonchev–Trinajstić information content (AvgIpc) is 3.86. The summed E-state index contributed by atoms with van der Waals surface area (Å²) in [6.45, 7) is 4.99. The van der Waals surface area contributed by atoms with Gasteiger partial charge < -0.3 is 46.6 Å². The maximum absolute atomic E-state index is 13.7. The molecule has 1 aromatic heterocycles. The molecule has 0 radical (unpaired) electrons. The Bertz CT molecular complexity index is 2330. The molecule has 0 aliphatic carbocycles. The van der Waals surface area contributed by atoms with E-state index in [0.29, 0.717) is 17.3 Å². The van der Waals surface area contributed by atoms with Crippen LogP contribution in [0.15, 0.2) is 60.7 Å². The number of aliphatic carboxylic acids is 3. The summed E-state index contributed by atoms with van der Waals surface area (Å²) in [4.78, 5) is 107. The minimum Gasteiger partial charge on any atom is -0.481 e. The standard InChI is InChI=1S/C41H47N7O12S2/c1-20(2)33(48-35(55)27(13-14-30(49)50)44-37(57)29(17-32(53)54)47-41(59)60-18-22-7-5-4-6-8-22)38(58)45-28(16-31(51)52)36(56)43-24-10-11-25-23(15-24)9-12-26-34(25)62-40(46-26)39-42-21(3)19-61-39/h4-12,15,20-21,27-29,33,39,42H,13-14,16-19H2,1-3H3,(H,43,56)(H,44,57)(H,45,58)(H,47,59)(H,48,55)(H,49,50)(H,51,52)(H,53,54). The van der Waals surface area contributed by atoms with Gasteiger partial charge in [-0.05, 0) is 48.4 Å². The maximum atomic E-state index is 13.7. The molecule has 6 unspecified atom stereocenters. The summed E-state index contributed by atoms with van der Waals surface area (Å²) < 4.78 is 6.06. The number of carbonyl (C=O) groups excluding carboxylic acids is 5. The normalized spacial score (nSPS) is 16.7. The van der Waals surface area contributed by atoms with Crippen molar-refractivity contribution < 1.29 is 58.4 Å². The molecule has 5 rings (SSSR count). The van der Waals surface area contributed by atoms with Gasteiger partial charge in [0, 0.05) is 29.3 Å². The van der Waals surface area contributed by atoms with Crippen LogP contribution in [0.4, 0.5) is 10.5 Å². The molecule has 2 heterocycles. The first kappa shape index (κ1) is 46.7. The number of carboxylic acids is 3. The van der Waals surface area contributed by atoms with Gasteiger partial charge in [-0.3, -0.25) is 38.9 Å². The fourth-order valence-electron chi connectivity index (χ4n) is 6.42. The van der Waals surface area contributed by atoms with Crippen molar-refractivity contribution in [2.45, 2.75) is 88.6 Å². The Morgan fingerprint density at radius 2 is 1.45 bits per heavy atom. The van der Waals surface area contributed by atoms with Gasteiger partial charge in [0.2, 0.25) is 23.6 Å². The number of aromatic nitrogens is 1. The summed E-state index contributed by atoms with van der Waals surface area (Å²) in [5.74, 6) is -8.01. The molecule has 4 aromatic rings. The van der Waals surface area contributed by atoms with Gasteiger partial charge in [0.1, 0.15) is 41.2 Å². The van der Waals surface area contributed by atoms with Crippen molar-refractivity contribution in [3.63, 3.8) is 0 Å². The Morgan fingerprint density at radius 3 is 2.08 bits per heavy atom. The number of alkyl carbamates (subject to hydrolysis) is 1. The van der Waals surface area contributed by atoms with Crippen LogP contribution in [-0.4, -0.2) is 104 Å². The monoisotopic (exact) mass is 893 g/mol. The first-order valence-electron chi connectivity index (χ1n) is 19.5. The van der Waals surface area contributed by atoms with Gasteiger partial charge in [-0.25, -0.2) is 9.78 Å². The van der Waals surface area contributed by atoms with E-state index >= 15 is 0 Å². The Morgan fingerprint density at radius 1 is 0.790 bits per heavy atom. The summed E-state index contributed by atoms with van der Waals surface area (Å²) in [5.41, 5.74) is 1.76. The van der Waals surface area contributed by atoms with E-state index in [9.17, 15) is 53.7 Å². The van der Waals surface area contributed by atoms with E-state index < -0.39 is 103 Å². The van der Waals surface area contributed by atoms with Crippen LogP contribution in [0.3, 0.4) is 0 Å². The summed E-state index contributed by atoms with van der Waals surface area (Å²) in [6, 6.07) is 11.3. The molecule has 21 heteroatoms. The van der Waals surface area contributed by atoms with E-state index in [0.717, 1.165) is 31.7 Å². The Labute approximate surface area is 363 Å². The number of nitrogens with one attached hydrogen (secondary N) is 6. The first-order chi connectivity index (χ1) is 29.5. The molecule has 62 heavy (non-hydrogen) atoms. The molecule has 0 saturated carbocycles. The van der Waals surface area contributed by atoms with Crippen LogP contribution in [0.1, 0.15) is 62.4 Å². The Hall–Kier alpha value is -6.32. The predicted molar refractivity (Wildman–Crippen MR) is 229 cm³/mol. The first-order valence-corrected chi connectivity index (χ1v) is 21.4. The van der Waals surface area contributed by atoms with Crippen LogP contribution in [0, 0.1) is 5.92 Å². The van der Waals surface area contributed by atoms with Gasteiger partial charge in [-0.1, -0.05) is 56.3 Å². The van der Waals surface area contributed by atoms with Gasteiger partial charge in [0.25, 0.3) is 0 Å². The molecule has 0 spiro atoms. The molecular weight excluding hydrogens is 847 g/mol. The lowest BCUT2D eigenvalue weighted by Crippen LogP contribution is -2.59. The summed E-state index contributed by atoms with van der Waals surface area (Å²) in [5, 5.41) is 46.6. The second kappa shape index (κ2) is 21.5. The highest BCUT2D eigenvalue weighted by Gasteiger charge is 2.34. The molecule has 3 aromatic carbocycles. The van der Waals surface area contributed by atoms with Crippen molar-refractivity contribution in [2.75, 3.05) is 11.1 Å². The van der Waals surface area contributed by atoms with Crippen LogP contribution in [0.2, 0.25) is 0 Å². The van der Waals surface area contributed by atoms with E-state index in [1.807, 2.05) is 18.2 Å². The van der Waals surface area contributed by atoms with E-state index in [2.05, 4.69) is 38.8 Å². The molecule has 330 valence electrons. The number of thiazole rings is 1. The molecule has 9 N–H and O–H groups in total. The summed E-state index contributed by atoms with van der Waals surface area (Å²) in [7, 11) is 0. The third-order valence-electron chi connectivity index (χ3n) is 9.57. The fourth-order valence-corrected chi connectivity index (χ4v) is 8.91. The highest BCUT2D eigenvalue weighted by Crippen LogP contribution is 2.39. The number of hydrogen-bond donors (Lipinski definition) is 9. The number of hydrogen-bond acceptors (Lipinski definition) is 13. The maximum Gasteiger partial charge on any atom is 0.408 e. The fraction of sp³-hybridized carbons (Fsp3) is 0.390. The molecule has 19 nitrogen and oxygen atoms in total. The average molecular weight is 894 g/mol. The van der Waals surface area contributed by atoms with E-state index in [1.54, 1.807) is 65.6 Å². The number of ether oxygens (including phenoxy) is 1. The highest BCUT2D eigenvalue weighted by molar-refractivity contribution is 7.99. The van der Waals surface area contributed by atoms with Crippen molar-refractivity contribution >= 4 is 97.4 Å². The third-order valence-corrected chi connectivity index (χ3v) is 12.3. The van der Waals surface area contributed by atoms with Crippen LogP contribution in [0.5, 0.6) is 0 Å². The second-order valence-electron chi connectivity index (χ2n) is 14.9. The van der Waals surface area contributed by atoms with Crippen molar-refractivity contribution in [3.8, 4) is 0 Å². The van der Waals surface area contributed by atoms with Crippen molar-refractivity contribution in [3.05, 3.63) is 71.2 Å². The van der Waals surface area contributed by atoms with Crippen molar-refractivity contribution in [1.82, 2.24) is 31.6 Å². The zero-order chi connectivity index (χ0) is 45.1. The molecule has 1 aliphatic rings. The lowest BCUT2D eigenvalue weighted by Gasteiger charge is -2.27. The summed E-state index contributed by atoms with van der Waals surface area (Å²) >= 11 is 3.37. The van der Waals surface area contributed by atoms with Crippen LogP contribution in [-0.2, 0) is 44.9 Å². The number of carbonyl (C=O) groups is 8. The number of benzene rings is 3. The molecule has 1 saturated heterocycles. The number of rotatable bonds is 20. The van der Waals surface area contributed by atoms with Crippen molar-refractivity contribution in [2.24, 2.45) is 5.92 Å². The lowest BCUT2D eigenvalue weighted by molar-refractivity contribution is -0.141. The van der Waals surface area contributed by atoms with E-state index in [4.69, 9.17) is 9.72 Å². The zero-order valence-corrected chi connectivity index (χ0v) is 35.5. The van der Waals surface area contributed by atoms with Gasteiger partial charge in [0.15, 0.2) is 0 Å². The van der Waals surface area contributed by atoms with Gasteiger partial charge in [0.05, 0.1) is 23.1 Å². The minimum absolute atomic E-state index is 0.0932.